The maximum atomic E-state index is 11.0. The molecule has 0 saturated heterocycles. The van der Waals surface area contributed by atoms with Crippen molar-refractivity contribution in [1.29, 1.82) is 0 Å². The summed E-state index contributed by atoms with van der Waals surface area (Å²) in [6.45, 7) is 0. The number of hydrogen-bond donors (Lipinski definition) is 1. The topological polar surface area (TPSA) is 99.9 Å². The summed E-state index contributed by atoms with van der Waals surface area (Å²) < 4.78 is 2.04. The molecule has 110 valence electrons. The van der Waals surface area contributed by atoms with Crippen molar-refractivity contribution < 1.29 is 4.92 Å². The van der Waals surface area contributed by atoms with Gasteiger partial charge in [0, 0.05) is 17.7 Å². The molecule has 0 aliphatic heterocycles. The molecule has 0 bridgehead atoms. The van der Waals surface area contributed by atoms with Gasteiger partial charge in [0.25, 0.3) is 5.69 Å². The van der Waals surface area contributed by atoms with Crippen LogP contribution < -0.4 is 5.73 Å². The van der Waals surface area contributed by atoms with Crippen molar-refractivity contribution in [2.45, 2.75) is 38.1 Å². The zero-order valence-corrected chi connectivity index (χ0v) is 11.6. The van der Waals surface area contributed by atoms with Gasteiger partial charge in [-0.05, 0) is 25.0 Å². The summed E-state index contributed by atoms with van der Waals surface area (Å²) in [6, 6.07) is 5.15. The second kappa shape index (κ2) is 5.51. The van der Waals surface area contributed by atoms with Gasteiger partial charge in [0.2, 0.25) is 0 Å². The number of nitrogens with zero attached hydrogens (tertiary/aromatic N) is 4. The number of benzene rings is 1. The fourth-order valence-corrected chi connectivity index (χ4v) is 2.92. The quantitative estimate of drug-likeness (QED) is 0.531. The van der Waals surface area contributed by atoms with E-state index in [1.54, 1.807) is 18.5 Å². The standard InChI is InChI=1S/C14H17N5O2/c15-12-7-6-10(8-13(12)19(20)21)14-17-16-9-18(14)11-4-2-1-3-5-11/h6-9,11H,1-5,15H2. The van der Waals surface area contributed by atoms with Crippen LogP contribution in [0.4, 0.5) is 11.4 Å². The largest absolute Gasteiger partial charge is 0.393 e. The summed E-state index contributed by atoms with van der Waals surface area (Å²) in [6.07, 6.45) is 7.58. The van der Waals surface area contributed by atoms with Gasteiger partial charge in [0.1, 0.15) is 12.0 Å². The van der Waals surface area contributed by atoms with Crippen molar-refractivity contribution in [2.75, 3.05) is 5.73 Å². The van der Waals surface area contributed by atoms with Gasteiger partial charge in [-0.3, -0.25) is 10.1 Å². The summed E-state index contributed by atoms with van der Waals surface area (Å²) in [4.78, 5) is 10.5. The molecule has 2 N–H and O–H groups in total. The zero-order chi connectivity index (χ0) is 14.8. The highest BCUT2D eigenvalue weighted by atomic mass is 16.6. The summed E-state index contributed by atoms with van der Waals surface area (Å²) in [7, 11) is 0. The minimum absolute atomic E-state index is 0.0919. The van der Waals surface area contributed by atoms with Gasteiger partial charge >= 0.3 is 0 Å². The van der Waals surface area contributed by atoms with Crippen LogP contribution in [0.25, 0.3) is 11.4 Å². The van der Waals surface area contributed by atoms with E-state index in [1.165, 1.54) is 25.3 Å². The lowest BCUT2D eigenvalue weighted by Gasteiger charge is -2.23. The Hall–Kier alpha value is -2.44. The van der Waals surface area contributed by atoms with E-state index >= 15 is 0 Å². The third kappa shape index (κ3) is 2.58. The average molecular weight is 287 g/mol. The van der Waals surface area contributed by atoms with Gasteiger partial charge in [-0.1, -0.05) is 19.3 Å². The molecule has 1 aromatic carbocycles. The van der Waals surface area contributed by atoms with Crippen LogP contribution in [0.5, 0.6) is 0 Å². The summed E-state index contributed by atoms with van der Waals surface area (Å²) in [5, 5.41) is 19.1. The second-order valence-corrected chi connectivity index (χ2v) is 5.38. The summed E-state index contributed by atoms with van der Waals surface area (Å²) in [5.41, 5.74) is 6.39. The van der Waals surface area contributed by atoms with Crippen molar-refractivity contribution in [3.8, 4) is 11.4 Å². The fourth-order valence-electron chi connectivity index (χ4n) is 2.92. The molecule has 0 unspecified atom stereocenters. The first-order valence-corrected chi connectivity index (χ1v) is 7.10. The molecule has 1 aliphatic rings. The number of aromatic nitrogens is 3. The Morgan fingerprint density at radius 1 is 1.29 bits per heavy atom. The Bertz CT molecular complexity index is 661. The molecule has 7 nitrogen and oxygen atoms in total. The average Bonchev–Trinajstić information content (AvgIpc) is 2.98. The monoisotopic (exact) mass is 287 g/mol. The number of rotatable bonds is 3. The summed E-state index contributed by atoms with van der Waals surface area (Å²) >= 11 is 0. The van der Waals surface area contributed by atoms with Crippen LogP contribution in [0.15, 0.2) is 24.5 Å². The number of anilines is 1. The molecule has 0 atom stereocenters. The maximum Gasteiger partial charge on any atom is 0.292 e. The molecule has 1 aromatic heterocycles. The third-order valence-electron chi connectivity index (χ3n) is 4.03. The van der Waals surface area contributed by atoms with Crippen LogP contribution in [-0.4, -0.2) is 19.7 Å². The normalized spacial score (nSPS) is 16.0. The van der Waals surface area contributed by atoms with E-state index in [0.717, 1.165) is 12.8 Å². The van der Waals surface area contributed by atoms with Crippen LogP contribution in [0.1, 0.15) is 38.1 Å². The first-order valence-electron chi connectivity index (χ1n) is 7.10. The van der Waals surface area contributed by atoms with Gasteiger partial charge in [-0.15, -0.1) is 10.2 Å². The molecule has 2 aromatic rings. The van der Waals surface area contributed by atoms with E-state index in [-0.39, 0.29) is 11.4 Å². The van der Waals surface area contributed by atoms with Crippen molar-refractivity contribution in [3.63, 3.8) is 0 Å². The highest BCUT2D eigenvalue weighted by molar-refractivity contribution is 5.68. The lowest BCUT2D eigenvalue weighted by atomic mass is 9.95. The van der Waals surface area contributed by atoms with Crippen LogP contribution >= 0.6 is 0 Å². The van der Waals surface area contributed by atoms with Crippen LogP contribution in [0, 0.1) is 10.1 Å². The van der Waals surface area contributed by atoms with E-state index in [0.29, 0.717) is 17.4 Å². The predicted octanol–water partition coefficient (Wildman–Crippen LogP) is 2.94. The number of hydrogen-bond acceptors (Lipinski definition) is 5. The highest BCUT2D eigenvalue weighted by Crippen LogP contribution is 2.33. The Labute approximate surface area is 121 Å². The lowest BCUT2D eigenvalue weighted by Crippen LogP contribution is -2.13. The molecule has 0 spiro atoms. The maximum absolute atomic E-state index is 11.0. The second-order valence-electron chi connectivity index (χ2n) is 5.38. The number of nitrogen functional groups attached to an aromatic ring is 1. The molecular weight excluding hydrogens is 270 g/mol. The van der Waals surface area contributed by atoms with Crippen molar-refractivity contribution in [1.82, 2.24) is 14.8 Å². The molecule has 1 saturated carbocycles. The Morgan fingerprint density at radius 2 is 2.05 bits per heavy atom. The van der Waals surface area contributed by atoms with Gasteiger partial charge < -0.3 is 10.3 Å². The number of nitro groups is 1. The molecule has 0 amide bonds. The Balaban J connectivity index is 1.99. The first kappa shape index (κ1) is 13.5. The Kier molecular flexibility index (Phi) is 3.55. The predicted molar refractivity (Wildman–Crippen MR) is 78.6 cm³/mol. The zero-order valence-electron chi connectivity index (χ0n) is 11.6. The molecule has 3 rings (SSSR count). The van der Waals surface area contributed by atoms with Crippen LogP contribution in [0.2, 0.25) is 0 Å². The van der Waals surface area contributed by atoms with E-state index in [1.807, 2.05) is 4.57 Å². The summed E-state index contributed by atoms with van der Waals surface area (Å²) in [5.74, 6) is 0.671. The third-order valence-corrected chi connectivity index (χ3v) is 4.03. The van der Waals surface area contributed by atoms with Crippen LogP contribution in [0.3, 0.4) is 0 Å². The highest BCUT2D eigenvalue weighted by Gasteiger charge is 2.21. The Morgan fingerprint density at radius 3 is 2.76 bits per heavy atom. The van der Waals surface area contributed by atoms with Gasteiger partial charge in [0.05, 0.1) is 4.92 Å². The SMILES string of the molecule is Nc1ccc(-c2nncn2C2CCCCC2)cc1[N+](=O)[O-]. The molecule has 1 fully saturated rings. The molecule has 0 radical (unpaired) electrons. The van der Waals surface area contributed by atoms with Crippen molar-refractivity contribution >= 4 is 11.4 Å². The number of nitro benzene ring substituents is 1. The van der Waals surface area contributed by atoms with E-state index in [2.05, 4.69) is 10.2 Å². The molecule has 1 aliphatic carbocycles. The molecular formula is C14H17N5O2. The van der Waals surface area contributed by atoms with Crippen molar-refractivity contribution in [2.24, 2.45) is 0 Å². The minimum Gasteiger partial charge on any atom is -0.393 e. The molecule has 1 heterocycles. The lowest BCUT2D eigenvalue weighted by molar-refractivity contribution is -0.383. The smallest absolute Gasteiger partial charge is 0.292 e. The minimum atomic E-state index is -0.472. The van der Waals surface area contributed by atoms with E-state index in [9.17, 15) is 10.1 Å². The van der Waals surface area contributed by atoms with Gasteiger partial charge in [-0.2, -0.15) is 0 Å². The van der Waals surface area contributed by atoms with Crippen LogP contribution in [-0.2, 0) is 0 Å². The first-order chi connectivity index (χ1) is 10.2. The molecule has 21 heavy (non-hydrogen) atoms. The van der Waals surface area contributed by atoms with E-state index in [4.69, 9.17) is 5.73 Å². The van der Waals surface area contributed by atoms with E-state index < -0.39 is 4.92 Å². The van der Waals surface area contributed by atoms with Gasteiger partial charge in [0.15, 0.2) is 5.82 Å². The number of nitrogens with two attached hydrogens (primary N) is 1. The fraction of sp³-hybridized carbons (Fsp3) is 0.429. The van der Waals surface area contributed by atoms with Gasteiger partial charge in [-0.25, -0.2) is 0 Å². The molecule has 7 heteroatoms. The van der Waals surface area contributed by atoms with Crippen molar-refractivity contribution in [3.05, 3.63) is 34.6 Å².